The second-order valence-electron chi connectivity index (χ2n) is 5.95. The van der Waals surface area contributed by atoms with Crippen LogP contribution in [0.1, 0.15) is 35.6 Å². The van der Waals surface area contributed by atoms with Crippen LogP contribution in [-0.4, -0.2) is 7.05 Å². The van der Waals surface area contributed by atoms with E-state index in [1.54, 1.807) is 0 Å². The van der Waals surface area contributed by atoms with Gasteiger partial charge in [0.25, 0.3) is 0 Å². The minimum atomic E-state index is 0.461. The van der Waals surface area contributed by atoms with E-state index in [0.29, 0.717) is 12.0 Å². The standard InChI is InChI=1S/C19H22BrN/c1-21-19-16(12-14-6-4-10-17(20)13-14)9-5-8-15-7-2-3-11-18(15)19/h2-4,6-7,10-11,13,16,19,21H,5,8-9,12H2,1H3. The van der Waals surface area contributed by atoms with Crippen molar-refractivity contribution in [2.45, 2.75) is 31.7 Å². The molecular weight excluding hydrogens is 322 g/mol. The predicted molar refractivity (Wildman–Crippen MR) is 92.5 cm³/mol. The van der Waals surface area contributed by atoms with Crippen LogP contribution in [0.5, 0.6) is 0 Å². The highest BCUT2D eigenvalue weighted by Gasteiger charge is 2.26. The summed E-state index contributed by atoms with van der Waals surface area (Å²) in [4.78, 5) is 0. The first kappa shape index (κ1) is 14.8. The zero-order valence-electron chi connectivity index (χ0n) is 12.5. The molecule has 110 valence electrons. The largest absolute Gasteiger partial charge is 0.313 e. The fourth-order valence-corrected chi connectivity index (χ4v) is 4.07. The third kappa shape index (κ3) is 3.38. The Morgan fingerprint density at radius 2 is 2.00 bits per heavy atom. The van der Waals surface area contributed by atoms with Crippen LogP contribution in [0.4, 0.5) is 0 Å². The number of fused-ring (bicyclic) bond motifs is 1. The van der Waals surface area contributed by atoms with Crippen LogP contribution in [0.3, 0.4) is 0 Å². The van der Waals surface area contributed by atoms with Crippen molar-refractivity contribution in [3.63, 3.8) is 0 Å². The van der Waals surface area contributed by atoms with Gasteiger partial charge in [-0.05, 0) is 67.5 Å². The van der Waals surface area contributed by atoms with Crippen molar-refractivity contribution in [1.82, 2.24) is 5.32 Å². The first-order valence-electron chi connectivity index (χ1n) is 7.77. The Bertz CT molecular complexity index is 608. The Morgan fingerprint density at radius 3 is 2.81 bits per heavy atom. The Kier molecular flexibility index (Phi) is 4.77. The molecule has 0 aromatic heterocycles. The lowest BCUT2D eigenvalue weighted by molar-refractivity contribution is 0.359. The number of rotatable bonds is 3. The quantitative estimate of drug-likeness (QED) is 0.781. The van der Waals surface area contributed by atoms with E-state index in [1.807, 2.05) is 0 Å². The van der Waals surface area contributed by atoms with Crippen LogP contribution in [0.2, 0.25) is 0 Å². The molecule has 0 radical (unpaired) electrons. The fraction of sp³-hybridized carbons (Fsp3) is 0.368. The summed E-state index contributed by atoms with van der Waals surface area (Å²) in [5.41, 5.74) is 4.44. The van der Waals surface area contributed by atoms with Crippen molar-refractivity contribution >= 4 is 15.9 Å². The lowest BCUT2D eigenvalue weighted by Gasteiger charge is -2.26. The lowest BCUT2D eigenvalue weighted by Crippen LogP contribution is -2.26. The highest BCUT2D eigenvalue weighted by atomic mass is 79.9. The SMILES string of the molecule is CNC1c2ccccc2CCCC1Cc1cccc(Br)c1. The molecule has 21 heavy (non-hydrogen) atoms. The minimum absolute atomic E-state index is 0.461. The molecule has 0 aliphatic heterocycles. The Hall–Kier alpha value is -1.12. The summed E-state index contributed by atoms with van der Waals surface area (Å²) < 4.78 is 1.18. The molecule has 0 spiro atoms. The van der Waals surface area contributed by atoms with Gasteiger partial charge in [0.2, 0.25) is 0 Å². The van der Waals surface area contributed by atoms with E-state index in [0.717, 1.165) is 6.42 Å². The van der Waals surface area contributed by atoms with Crippen molar-refractivity contribution in [1.29, 1.82) is 0 Å². The highest BCUT2D eigenvalue weighted by Crippen LogP contribution is 2.35. The molecule has 2 atom stereocenters. The van der Waals surface area contributed by atoms with Gasteiger partial charge in [-0.25, -0.2) is 0 Å². The van der Waals surface area contributed by atoms with Crippen molar-refractivity contribution in [2.75, 3.05) is 7.05 Å². The summed E-state index contributed by atoms with van der Waals surface area (Å²) >= 11 is 3.58. The zero-order valence-corrected chi connectivity index (χ0v) is 14.1. The number of aryl methyl sites for hydroxylation is 1. The average molecular weight is 344 g/mol. The Morgan fingerprint density at radius 1 is 1.14 bits per heavy atom. The molecule has 0 bridgehead atoms. The van der Waals surface area contributed by atoms with E-state index < -0.39 is 0 Å². The molecule has 2 unspecified atom stereocenters. The van der Waals surface area contributed by atoms with Gasteiger partial charge in [0.1, 0.15) is 0 Å². The van der Waals surface area contributed by atoms with E-state index in [9.17, 15) is 0 Å². The monoisotopic (exact) mass is 343 g/mol. The van der Waals surface area contributed by atoms with Crippen molar-refractivity contribution in [3.8, 4) is 0 Å². The van der Waals surface area contributed by atoms with E-state index in [1.165, 1.54) is 40.4 Å². The summed E-state index contributed by atoms with van der Waals surface area (Å²) in [6.45, 7) is 0. The molecule has 0 heterocycles. The average Bonchev–Trinajstić information content (AvgIpc) is 2.66. The third-order valence-electron chi connectivity index (χ3n) is 4.58. The maximum atomic E-state index is 3.58. The van der Waals surface area contributed by atoms with Crippen LogP contribution in [-0.2, 0) is 12.8 Å². The summed E-state index contributed by atoms with van der Waals surface area (Å²) in [6, 6.07) is 18.1. The Labute approximate surface area is 135 Å². The van der Waals surface area contributed by atoms with Gasteiger partial charge in [-0.1, -0.05) is 52.3 Å². The zero-order chi connectivity index (χ0) is 14.7. The molecule has 1 aliphatic rings. The van der Waals surface area contributed by atoms with Crippen LogP contribution in [0.25, 0.3) is 0 Å². The molecule has 0 saturated carbocycles. The van der Waals surface area contributed by atoms with Gasteiger partial charge in [0.05, 0.1) is 0 Å². The summed E-state index contributed by atoms with van der Waals surface area (Å²) in [7, 11) is 2.10. The van der Waals surface area contributed by atoms with Crippen LogP contribution < -0.4 is 5.32 Å². The van der Waals surface area contributed by atoms with Gasteiger partial charge < -0.3 is 5.32 Å². The molecule has 3 rings (SSSR count). The number of hydrogen-bond acceptors (Lipinski definition) is 1. The number of nitrogens with one attached hydrogen (secondary N) is 1. The molecular formula is C19H22BrN. The second-order valence-corrected chi connectivity index (χ2v) is 6.87. The van der Waals surface area contributed by atoms with Crippen LogP contribution in [0.15, 0.2) is 53.0 Å². The second kappa shape index (κ2) is 6.76. The minimum Gasteiger partial charge on any atom is -0.313 e. The number of benzene rings is 2. The van der Waals surface area contributed by atoms with Gasteiger partial charge in [-0.2, -0.15) is 0 Å². The summed E-state index contributed by atoms with van der Waals surface area (Å²) in [6.07, 6.45) is 4.92. The van der Waals surface area contributed by atoms with Crippen molar-refractivity contribution < 1.29 is 0 Å². The van der Waals surface area contributed by atoms with Gasteiger partial charge in [0, 0.05) is 10.5 Å². The lowest BCUT2D eigenvalue weighted by atomic mass is 9.86. The molecule has 1 nitrogen and oxygen atoms in total. The molecule has 2 aromatic rings. The first-order valence-corrected chi connectivity index (χ1v) is 8.56. The molecule has 0 fully saturated rings. The van der Waals surface area contributed by atoms with Gasteiger partial charge in [-0.3, -0.25) is 0 Å². The van der Waals surface area contributed by atoms with Gasteiger partial charge in [-0.15, -0.1) is 0 Å². The van der Waals surface area contributed by atoms with E-state index in [2.05, 4.69) is 76.8 Å². The number of hydrogen-bond donors (Lipinski definition) is 1. The predicted octanol–water partition coefficient (Wildman–Crippen LogP) is 4.90. The third-order valence-corrected chi connectivity index (χ3v) is 5.07. The van der Waals surface area contributed by atoms with E-state index in [4.69, 9.17) is 0 Å². The van der Waals surface area contributed by atoms with Crippen LogP contribution >= 0.6 is 15.9 Å². The Balaban J connectivity index is 1.88. The first-order chi connectivity index (χ1) is 10.3. The highest BCUT2D eigenvalue weighted by molar-refractivity contribution is 9.10. The van der Waals surface area contributed by atoms with Gasteiger partial charge in [0.15, 0.2) is 0 Å². The maximum absolute atomic E-state index is 3.58. The molecule has 1 aliphatic carbocycles. The fourth-order valence-electron chi connectivity index (χ4n) is 3.62. The summed E-state index contributed by atoms with van der Waals surface area (Å²) in [5, 5.41) is 3.57. The summed E-state index contributed by atoms with van der Waals surface area (Å²) in [5.74, 6) is 0.660. The molecule has 1 N–H and O–H groups in total. The van der Waals surface area contributed by atoms with E-state index in [-0.39, 0.29) is 0 Å². The van der Waals surface area contributed by atoms with Gasteiger partial charge >= 0.3 is 0 Å². The molecule has 2 aromatic carbocycles. The maximum Gasteiger partial charge on any atom is 0.0352 e. The van der Waals surface area contributed by atoms with E-state index >= 15 is 0 Å². The smallest absolute Gasteiger partial charge is 0.0352 e. The molecule has 2 heteroatoms. The van der Waals surface area contributed by atoms with Crippen LogP contribution in [0, 0.1) is 5.92 Å². The van der Waals surface area contributed by atoms with Crippen molar-refractivity contribution in [2.24, 2.45) is 5.92 Å². The molecule has 0 amide bonds. The topological polar surface area (TPSA) is 12.0 Å². The molecule has 0 saturated heterocycles. The van der Waals surface area contributed by atoms with Crippen molar-refractivity contribution in [3.05, 3.63) is 69.7 Å². The normalized spacial score (nSPS) is 21.6. The number of halogens is 1.